The minimum absolute atomic E-state index is 0.0397. The molecule has 0 unspecified atom stereocenters. The second kappa shape index (κ2) is 8.26. The smallest absolute Gasteiger partial charge is 0.246 e. The number of amides is 2. The second-order valence-electron chi connectivity index (χ2n) is 7.17. The van der Waals surface area contributed by atoms with Crippen molar-refractivity contribution in [3.05, 3.63) is 77.6 Å². The lowest BCUT2D eigenvalue weighted by Crippen LogP contribution is -2.43. The molecule has 3 aromatic rings. The summed E-state index contributed by atoms with van der Waals surface area (Å²) in [6.07, 6.45) is 2.39. The Morgan fingerprint density at radius 1 is 1.03 bits per heavy atom. The summed E-state index contributed by atoms with van der Waals surface area (Å²) >= 11 is 0. The van der Waals surface area contributed by atoms with Crippen LogP contribution in [-0.4, -0.2) is 44.8 Å². The van der Waals surface area contributed by atoms with E-state index < -0.39 is 0 Å². The zero-order valence-corrected chi connectivity index (χ0v) is 16.4. The molecule has 0 saturated carbocycles. The van der Waals surface area contributed by atoms with Gasteiger partial charge in [-0.25, -0.2) is 4.68 Å². The molecule has 0 radical (unpaired) electrons. The van der Waals surface area contributed by atoms with Gasteiger partial charge >= 0.3 is 0 Å². The van der Waals surface area contributed by atoms with Crippen LogP contribution in [0.4, 0.5) is 5.69 Å². The average molecular weight is 389 g/mol. The fraction of sp³-hybridized carbons (Fsp3) is 0.273. The predicted molar refractivity (Wildman–Crippen MR) is 109 cm³/mol. The Morgan fingerprint density at radius 2 is 1.79 bits per heavy atom. The number of anilines is 1. The number of benzene rings is 2. The van der Waals surface area contributed by atoms with E-state index in [-0.39, 0.29) is 18.4 Å². The molecule has 0 bridgehead atoms. The summed E-state index contributed by atoms with van der Waals surface area (Å²) < 4.78 is 1.81. The van der Waals surface area contributed by atoms with E-state index in [4.69, 9.17) is 0 Å². The minimum Gasteiger partial charge on any atom is -0.333 e. The van der Waals surface area contributed by atoms with E-state index >= 15 is 0 Å². The topological polar surface area (TPSA) is 71.3 Å². The van der Waals surface area contributed by atoms with E-state index in [9.17, 15) is 9.59 Å². The second-order valence-corrected chi connectivity index (χ2v) is 7.17. The first-order valence-electron chi connectivity index (χ1n) is 9.67. The van der Waals surface area contributed by atoms with Gasteiger partial charge < -0.3 is 9.80 Å². The van der Waals surface area contributed by atoms with E-state index in [0.717, 1.165) is 22.5 Å². The van der Waals surface area contributed by atoms with Crippen molar-refractivity contribution in [2.75, 3.05) is 18.0 Å². The van der Waals surface area contributed by atoms with Crippen molar-refractivity contribution in [1.82, 2.24) is 19.9 Å². The van der Waals surface area contributed by atoms with Crippen LogP contribution in [0.3, 0.4) is 0 Å². The van der Waals surface area contributed by atoms with Crippen molar-refractivity contribution < 1.29 is 9.59 Å². The minimum atomic E-state index is -0.115. The van der Waals surface area contributed by atoms with Crippen molar-refractivity contribution in [1.29, 1.82) is 0 Å². The number of rotatable bonds is 5. The van der Waals surface area contributed by atoms with Gasteiger partial charge in [0.05, 0.1) is 25.0 Å². The van der Waals surface area contributed by atoms with Crippen LogP contribution in [-0.2, 0) is 29.1 Å². The van der Waals surface area contributed by atoms with Crippen LogP contribution in [0.1, 0.15) is 23.7 Å². The first-order valence-corrected chi connectivity index (χ1v) is 9.67. The maximum Gasteiger partial charge on any atom is 0.246 e. The van der Waals surface area contributed by atoms with Gasteiger partial charge in [-0.05, 0) is 23.6 Å². The summed E-state index contributed by atoms with van der Waals surface area (Å²) in [4.78, 5) is 28.8. The van der Waals surface area contributed by atoms with Crippen LogP contribution in [0.25, 0.3) is 0 Å². The Hall–Kier alpha value is -3.48. The van der Waals surface area contributed by atoms with E-state index in [0.29, 0.717) is 26.1 Å². The third kappa shape index (κ3) is 4.18. The Bertz CT molecular complexity index is 1010. The molecule has 1 aliphatic heterocycles. The third-order valence-corrected chi connectivity index (χ3v) is 5.21. The molecule has 0 aliphatic carbocycles. The molecule has 1 aromatic heterocycles. The Labute approximate surface area is 169 Å². The molecule has 7 nitrogen and oxygen atoms in total. The monoisotopic (exact) mass is 389 g/mol. The summed E-state index contributed by atoms with van der Waals surface area (Å²) in [6, 6.07) is 17.8. The molecule has 29 heavy (non-hydrogen) atoms. The molecule has 7 heteroatoms. The van der Waals surface area contributed by atoms with E-state index in [1.54, 1.807) is 16.0 Å². The molecule has 148 valence electrons. The number of hydrogen-bond donors (Lipinski definition) is 0. The number of fused-ring (bicyclic) bond motifs is 2. The van der Waals surface area contributed by atoms with Crippen molar-refractivity contribution in [2.45, 2.75) is 26.4 Å². The quantitative estimate of drug-likeness (QED) is 0.671. The number of carbonyl (C=O) groups is 2. The first-order chi connectivity index (χ1) is 14.1. The number of carbonyl (C=O) groups excluding carboxylic acids is 2. The van der Waals surface area contributed by atoms with Crippen LogP contribution in [0.5, 0.6) is 0 Å². The summed E-state index contributed by atoms with van der Waals surface area (Å²) in [6.45, 7) is 3.00. The number of aromatic nitrogens is 3. The molecular formula is C22H23N5O2. The van der Waals surface area contributed by atoms with Gasteiger partial charge in [0.1, 0.15) is 6.54 Å². The van der Waals surface area contributed by atoms with Gasteiger partial charge in [0.15, 0.2) is 0 Å². The summed E-state index contributed by atoms with van der Waals surface area (Å²) in [5, 5.41) is 8.10. The van der Waals surface area contributed by atoms with Crippen LogP contribution >= 0.6 is 0 Å². The molecule has 0 fully saturated rings. The third-order valence-electron chi connectivity index (χ3n) is 5.21. The highest BCUT2D eigenvalue weighted by Crippen LogP contribution is 2.27. The van der Waals surface area contributed by atoms with Gasteiger partial charge in [0.25, 0.3) is 0 Å². The lowest BCUT2D eigenvalue weighted by atomic mass is 10.1. The Balaban J connectivity index is 1.53. The SMILES string of the molecule is CC(=O)N(CCc1ccccc1)CC(=O)N1Cc2cnnn2Cc2ccccc21. The highest BCUT2D eigenvalue weighted by atomic mass is 16.2. The highest BCUT2D eigenvalue weighted by molar-refractivity contribution is 5.97. The van der Waals surface area contributed by atoms with Crippen LogP contribution < -0.4 is 4.90 Å². The lowest BCUT2D eigenvalue weighted by molar-refractivity contribution is -0.133. The number of nitrogens with zero attached hydrogens (tertiary/aromatic N) is 5. The summed E-state index contributed by atoms with van der Waals surface area (Å²) in [5.41, 5.74) is 3.87. The molecule has 0 spiro atoms. The predicted octanol–water partition coefficient (Wildman–Crippen LogP) is 2.26. The van der Waals surface area contributed by atoms with E-state index in [1.807, 2.05) is 59.3 Å². The van der Waals surface area contributed by atoms with E-state index in [2.05, 4.69) is 10.3 Å². The summed E-state index contributed by atoms with van der Waals surface area (Å²) in [7, 11) is 0. The average Bonchev–Trinajstić information content (AvgIpc) is 3.10. The van der Waals surface area contributed by atoms with E-state index in [1.165, 1.54) is 6.92 Å². The maximum absolute atomic E-state index is 13.3. The van der Waals surface area contributed by atoms with Gasteiger partial charge in [-0.3, -0.25) is 9.59 Å². The molecule has 2 heterocycles. The van der Waals surface area contributed by atoms with Gasteiger partial charge in [0.2, 0.25) is 11.8 Å². The van der Waals surface area contributed by atoms with Crippen molar-refractivity contribution in [3.63, 3.8) is 0 Å². The standard InChI is InChI=1S/C22H23N5O2/c1-17(28)25(12-11-18-7-3-2-4-8-18)16-22(29)26-15-20-13-23-24-27(20)14-19-9-5-6-10-21(19)26/h2-10,13H,11-12,14-16H2,1H3. The molecule has 1 aliphatic rings. The lowest BCUT2D eigenvalue weighted by Gasteiger charge is -2.27. The highest BCUT2D eigenvalue weighted by Gasteiger charge is 2.26. The Morgan fingerprint density at radius 3 is 2.59 bits per heavy atom. The number of hydrogen-bond acceptors (Lipinski definition) is 4. The van der Waals surface area contributed by atoms with Gasteiger partial charge in [0, 0.05) is 19.2 Å². The van der Waals surface area contributed by atoms with Crippen molar-refractivity contribution in [3.8, 4) is 0 Å². The largest absolute Gasteiger partial charge is 0.333 e. The molecular weight excluding hydrogens is 366 g/mol. The number of para-hydroxylation sites is 1. The maximum atomic E-state index is 13.3. The zero-order valence-electron chi connectivity index (χ0n) is 16.4. The molecule has 2 amide bonds. The van der Waals surface area contributed by atoms with Crippen LogP contribution in [0.2, 0.25) is 0 Å². The fourth-order valence-electron chi connectivity index (χ4n) is 3.58. The molecule has 4 rings (SSSR count). The van der Waals surface area contributed by atoms with Crippen LogP contribution in [0, 0.1) is 0 Å². The first kappa shape index (κ1) is 18.9. The van der Waals surface area contributed by atoms with Crippen molar-refractivity contribution in [2.24, 2.45) is 0 Å². The van der Waals surface area contributed by atoms with Gasteiger partial charge in [-0.1, -0.05) is 53.7 Å². The van der Waals surface area contributed by atoms with Gasteiger partial charge in [-0.15, -0.1) is 5.10 Å². The fourth-order valence-corrected chi connectivity index (χ4v) is 3.58. The van der Waals surface area contributed by atoms with Crippen LogP contribution in [0.15, 0.2) is 60.8 Å². The normalized spacial score (nSPS) is 12.7. The molecule has 0 N–H and O–H groups in total. The molecule has 0 atom stereocenters. The van der Waals surface area contributed by atoms with Crippen molar-refractivity contribution >= 4 is 17.5 Å². The Kier molecular flexibility index (Phi) is 5.37. The summed E-state index contributed by atoms with van der Waals surface area (Å²) in [5.74, 6) is -0.223. The molecule has 0 saturated heterocycles. The zero-order chi connectivity index (χ0) is 20.2. The molecule has 2 aromatic carbocycles. The van der Waals surface area contributed by atoms with Gasteiger partial charge in [-0.2, -0.15) is 0 Å².